The first-order chi connectivity index (χ1) is 12.0. The quantitative estimate of drug-likeness (QED) is 0.609. The number of nitrogens with zero attached hydrogens (tertiary/aromatic N) is 1. The van der Waals surface area contributed by atoms with Gasteiger partial charge in [0.1, 0.15) is 17.8 Å². The summed E-state index contributed by atoms with van der Waals surface area (Å²) in [6, 6.07) is 4.76. The van der Waals surface area contributed by atoms with Crippen LogP contribution in [0.2, 0.25) is 0 Å². The van der Waals surface area contributed by atoms with Crippen LogP contribution in [0.4, 0.5) is 0 Å². The molecule has 0 aliphatic carbocycles. The van der Waals surface area contributed by atoms with E-state index in [-0.39, 0.29) is 17.5 Å². The first-order valence-electron chi connectivity index (χ1n) is 8.08. The van der Waals surface area contributed by atoms with E-state index in [9.17, 15) is 9.59 Å². The normalized spacial score (nSPS) is 21.4. The Labute approximate surface area is 145 Å². The molecule has 2 N–H and O–H groups in total. The van der Waals surface area contributed by atoms with E-state index in [4.69, 9.17) is 19.4 Å². The van der Waals surface area contributed by atoms with Crippen molar-refractivity contribution < 1.29 is 29.0 Å². The highest BCUT2D eigenvalue weighted by atomic mass is 16.5. The molecule has 2 amide bonds. The van der Waals surface area contributed by atoms with E-state index in [1.165, 1.54) is 0 Å². The first kappa shape index (κ1) is 17.7. The number of amides is 2. The van der Waals surface area contributed by atoms with Crippen molar-refractivity contribution in [3.05, 3.63) is 29.3 Å². The molecule has 8 nitrogen and oxygen atoms in total. The van der Waals surface area contributed by atoms with Gasteiger partial charge >= 0.3 is 0 Å². The number of methoxy groups -OCH3 is 1. The molecule has 136 valence electrons. The zero-order valence-corrected chi connectivity index (χ0v) is 14.3. The summed E-state index contributed by atoms with van der Waals surface area (Å²) in [4.78, 5) is 26.4. The molecule has 1 aromatic carbocycles. The molecule has 0 saturated carbocycles. The van der Waals surface area contributed by atoms with Crippen LogP contribution in [-0.4, -0.2) is 61.5 Å². The maximum absolute atomic E-state index is 13.1. The molecule has 2 aliphatic rings. The van der Waals surface area contributed by atoms with Crippen molar-refractivity contribution in [2.75, 3.05) is 33.5 Å². The predicted molar refractivity (Wildman–Crippen MR) is 86.3 cm³/mol. The molecule has 1 saturated heterocycles. The van der Waals surface area contributed by atoms with Gasteiger partial charge in [0.25, 0.3) is 5.91 Å². The number of fused-ring (bicyclic) bond motifs is 1. The third-order valence-electron chi connectivity index (χ3n) is 4.68. The van der Waals surface area contributed by atoms with Gasteiger partial charge < -0.3 is 19.1 Å². The molecule has 8 heteroatoms. The number of carbonyl (C=O) groups is 2. The van der Waals surface area contributed by atoms with Crippen molar-refractivity contribution in [1.82, 2.24) is 10.4 Å². The maximum atomic E-state index is 13.1. The molecular formula is C17H22N2O6. The highest BCUT2D eigenvalue weighted by Crippen LogP contribution is 2.34. The lowest BCUT2D eigenvalue weighted by Crippen LogP contribution is -2.59. The molecule has 25 heavy (non-hydrogen) atoms. The van der Waals surface area contributed by atoms with Gasteiger partial charge in [0.05, 0.1) is 25.9 Å². The summed E-state index contributed by atoms with van der Waals surface area (Å²) in [5.41, 5.74) is 2.06. The molecule has 0 aromatic heterocycles. The van der Waals surface area contributed by atoms with Crippen LogP contribution in [0, 0.1) is 5.41 Å². The van der Waals surface area contributed by atoms with Gasteiger partial charge in [-0.25, -0.2) is 5.48 Å². The summed E-state index contributed by atoms with van der Waals surface area (Å²) >= 11 is 0. The van der Waals surface area contributed by atoms with Crippen LogP contribution in [0.25, 0.3) is 0 Å². The van der Waals surface area contributed by atoms with Gasteiger partial charge in [0, 0.05) is 24.8 Å². The van der Waals surface area contributed by atoms with Crippen molar-refractivity contribution in [2.45, 2.75) is 19.5 Å². The summed E-state index contributed by atoms with van der Waals surface area (Å²) < 4.78 is 16.3. The minimum absolute atomic E-state index is 0.0123. The third-order valence-corrected chi connectivity index (χ3v) is 4.68. The Morgan fingerprint density at radius 2 is 2.20 bits per heavy atom. The fourth-order valence-electron chi connectivity index (χ4n) is 3.13. The average molecular weight is 350 g/mol. The Kier molecular flexibility index (Phi) is 4.94. The van der Waals surface area contributed by atoms with E-state index in [0.717, 1.165) is 5.56 Å². The smallest absolute Gasteiger partial charge is 0.274 e. The largest absolute Gasteiger partial charge is 0.491 e. The van der Waals surface area contributed by atoms with Gasteiger partial charge in [-0.1, -0.05) is 6.07 Å². The topological polar surface area (TPSA) is 97.3 Å². The lowest BCUT2D eigenvalue weighted by molar-refractivity contribution is -0.185. The van der Waals surface area contributed by atoms with Crippen molar-refractivity contribution in [3.63, 3.8) is 0 Å². The molecule has 2 heterocycles. The molecule has 0 bridgehead atoms. The zero-order chi connectivity index (χ0) is 18.0. The molecule has 1 atom stereocenters. The molecule has 2 aliphatic heterocycles. The third kappa shape index (κ3) is 3.20. The first-order valence-corrected chi connectivity index (χ1v) is 8.08. The number of carbonyl (C=O) groups excluding carboxylic acids is 2. The Bertz CT molecular complexity index is 673. The number of rotatable bonds is 4. The van der Waals surface area contributed by atoms with Crippen molar-refractivity contribution in [1.29, 1.82) is 0 Å². The average Bonchev–Trinajstić information content (AvgIpc) is 2.75. The van der Waals surface area contributed by atoms with Crippen LogP contribution in [0.15, 0.2) is 18.2 Å². The highest BCUT2D eigenvalue weighted by Gasteiger charge is 2.49. The number of hydroxylamine groups is 1. The Morgan fingerprint density at radius 3 is 2.80 bits per heavy atom. The van der Waals surface area contributed by atoms with Crippen LogP contribution in [0.1, 0.15) is 22.8 Å². The molecule has 0 unspecified atom stereocenters. The van der Waals surface area contributed by atoms with E-state index in [0.29, 0.717) is 38.7 Å². The fourth-order valence-corrected chi connectivity index (χ4v) is 3.13. The van der Waals surface area contributed by atoms with Gasteiger partial charge in [0.15, 0.2) is 0 Å². The lowest BCUT2D eigenvalue weighted by Gasteiger charge is -2.43. The molecule has 0 radical (unpaired) electrons. The van der Waals surface area contributed by atoms with Crippen molar-refractivity contribution >= 4 is 11.8 Å². The summed E-state index contributed by atoms with van der Waals surface area (Å²) in [6.45, 7) is 3.64. The van der Waals surface area contributed by atoms with Gasteiger partial charge in [-0.2, -0.15) is 0 Å². The molecular weight excluding hydrogens is 328 g/mol. The van der Waals surface area contributed by atoms with Gasteiger partial charge in [0.2, 0.25) is 5.91 Å². The van der Waals surface area contributed by atoms with Crippen molar-refractivity contribution in [3.8, 4) is 5.75 Å². The van der Waals surface area contributed by atoms with E-state index in [1.807, 2.05) is 6.92 Å². The van der Waals surface area contributed by atoms with Gasteiger partial charge in [-0.15, -0.1) is 0 Å². The van der Waals surface area contributed by atoms with Gasteiger partial charge in [-0.05, 0) is 19.1 Å². The monoisotopic (exact) mass is 350 g/mol. The summed E-state index contributed by atoms with van der Waals surface area (Å²) in [7, 11) is 1.57. The van der Waals surface area contributed by atoms with E-state index in [1.54, 1.807) is 35.7 Å². The van der Waals surface area contributed by atoms with Crippen LogP contribution in [0.3, 0.4) is 0 Å². The van der Waals surface area contributed by atoms with Crippen LogP contribution >= 0.6 is 0 Å². The lowest BCUT2D eigenvalue weighted by atomic mass is 9.84. The number of hydrogen-bond donors (Lipinski definition) is 2. The number of benzene rings is 1. The fraction of sp³-hybridized carbons (Fsp3) is 0.529. The van der Waals surface area contributed by atoms with Gasteiger partial charge in [-0.3, -0.25) is 14.8 Å². The van der Waals surface area contributed by atoms with E-state index in [2.05, 4.69) is 0 Å². The maximum Gasteiger partial charge on any atom is 0.274 e. The number of nitrogens with one attached hydrogen (secondary N) is 1. The van der Waals surface area contributed by atoms with Crippen LogP contribution in [-0.2, 0) is 20.8 Å². The summed E-state index contributed by atoms with van der Waals surface area (Å²) in [6.07, 6.45) is 0. The zero-order valence-electron chi connectivity index (χ0n) is 14.3. The highest BCUT2D eigenvalue weighted by molar-refractivity contribution is 5.94. The predicted octanol–water partition coefficient (Wildman–Crippen LogP) is 0.578. The summed E-state index contributed by atoms with van der Waals surface area (Å²) in [5, 5.41) is 8.76. The SMILES string of the molecule is COCC1(C(=O)N2Cc3ccc(C(=O)NO)cc3OC[C@@H]2C)COC1. The number of ether oxygens (including phenoxy) is 3. The minimum atomic E-state index is -0.635. The Balaban J connectivity index is 1.85. The molecule has 0 spiro atoms. The van der Waals surface area contributed by atoms with Crippen LogP contribution in [0.5, 0.6) is 5.75 Å². The van der Waals surface area contributed by atoms with E-state index < -0.39 is 11.3 Å². The minimum Gasteiger partial charge on any atom is -0.491 e. The Morgan fingerprint density at radius 1 is 1.44 bits per heavy atom. The second-order valence-corrected chi connectivity index (χ2v) is 6.56. The summed E-state index contributed by atoms with van der Waals surface area (Å²) in [5.74, 6) is -0.0853. The second-order valence-electron chi connectivity index (χ2n) is 6.56. The Hall–Kier alpha value is -2.16. The molecule has 1 fully saturated rings. The number of hydrogen-bond acceptors (Lipinski definition) is 6. The van der Waals surface area contributed by atoms with Crippen molar-refractivity contribution in [2.24, 2.45) is 5.41 Å². The molecule has 1 aromatic rings. The second kappa shape index (κ2) is 6.99. The van der Waals surface area contributed by atoms with Crippen LogP contribution < -0.4 is 10.2 Å². The standard InChI is InChI=1S/C17H22N2O6/c1-11-7-25-14-5-12(15(20)18-22)3-4-13(14)6-19(11)16(21)17(8-23-2)9-24-10-17/h3-5,11,22H,6-10H2,1-2H3,(H,18,20)/t11-/m0/s1. The molecule has 3 rings (SSSR count). The van der Waals surface area contributed by atoms with E-state index >= 15 is 0 Å².